The Balaban J connectivity index is 3.15. The van der Waals surface area contributed by atoms with Crippen molar-refractivity contribution in [3.05, 3.63) is 34.4 Å². The van der Waals surface area contributed by atoms with Gasteiger partial charge in [0.05, 0.1) is 4.92 Å². The van der Waals surface area contributed by atoms with E-state index in [1.165, 1.54) is 0 Å². The number of alkyl halides is 12. The Labute approximate surface area is 185 Å². The molecule has 0 aromatic heterocycles. The Morgan fingerprint density at radius 1 is 0.914 bits per heavy atom. The van der Waals surface area contributed by atoms with Crippen molar-refractivity contribution in [2.45, 2.75) is 40.9 Å². The number of para-hydroxylation sites is 1. The van der Waals surface area contributed by atoms with Crippen molar-refractivity contribution in [3.8, 4) is 0 Å². The number of benzene rings is 1. The minimum Gasteiger partial charge on any atom is -0.458 e. The number of esters is 1. The first kappa shape index (κ1) is 30.2. The fourth-order valence-electron chi connectivity index (χ4n) is 2.18. The van der Waals surface area contributed by atoms with Crippen LogP contribution in [-0.2, 0) is 19.4 Å². The molecule has 0 aliphatic carbocycles. The third-order valence-electron chi connectivity index (χ3n) is 4.06. The topological polar surface area (TPSA) is 104 Å². The standard InChI is InChI=1S/C15H9F12NO6S/c16-10(17)12(20,21)14(24,25)15(26,27)13(22,23)11(18,19)6-34-9(29)5-35(32,33)8-4-2-1-3-7(8)28(30)31/h1-4,10H,5-6H2. The predicted molar refractivity (Wildman–Crippen MR) is 86.8 cm³/mol. The molecule has 0 aliphatic heterocycles. The number of nitro groups is 1. The molecule has 0 atom stereocenters. The molecule has 0 aliphatic rings. The fourth-order valence-corrected chi connectivity index (χ4v) is 3.48. The van der Waals surface area contributed by atoms with Crippen molar-refractivity contribution in [3.63, 3.8) is 0 Å². The lowest BCUT2D eigenvalue weighted by atomic mass is 9.94. The summed E-state index contributed by atoms with van der Waals surface area (Å²) in [5.41, 5.74) is -1.14. The van der Waals surface area contributed by atoms with Gasteiger partial charge >= 0.3 is 42.0 Å². The van der Waals surface area contributed by atoms with Crippen LogP contribution in [0.4, 0.5) is 58.4 Å². The minimum atomic E-state index is -7.85. The number of hydrogen-bond acceptors (Lipinski definition) is 6. The normalized spacial score (nSPS) is 14.2. The van der Waals surface area contributed by atoms with Crippen LogP contribution < -0.4 is 0 Å². The molecule has 0 radical (unpaired) electrons. The summed E-state index contributed by atoms with van der Waals surface area (Å²) in [7, 11) is -5.12. The molecule has 0 bridgehead atoms. The number of carbonyl (C=O) groups is 1. The molecule has 20 heteroatoms. The van der Waals surface area contributed by atoms with E-state index in [2.05, 4.69) is 4.74 Å². The van der Waals surface area contributed by atoms with E-state index < -0.39 is 79.7 Å². The molecule has 0 amide bonds. The van der Waals surface area contributed by atoms with Crippen LogP contribution in [-0.4, -0.2) is 67.7 Å². The molecule has 7 nitrogen and oxygen atoms in total. The number of sulfone groups is 1. The second-order valence-corrected chi connectivity index (χ2v) is 8.45. The molecule has 0 heterocycles. The summed E-state index contributed by atoms with van der Waals surface area (Å²) in [5, 5.41) is 10.8. The van der Waals surface area contributed by atoms with E-state index in [4.69, 9.17) is 0 Å². The summed E-state index contributed by atoms with van der Waals surface area (Å²) in [6.45, 7) is -3.31. The predicted octanol–water partition coefficient (Wildman–Crippen LogP) is 4.35. The Morgan fingerprint density at radius 3 is 1.86 bits per heavy atom. The third kappa shape index (κ3) is 5.25. The van der Waals surface area contributed by atoms with Gasteiger partial charge in [0.2, 0.25) is 0 Å². The molecule has 200 valence electrons. The monoisotopic (exact) mass is 559 g/mol. The van der Waals surface area contributed by atoms with Gasteiger partial charge in [-0.1, -0.05) is 12.1 Å². The molecule has 0 saturated heterocycles. The first-order valence-corrected chi connectivity index (χ1v) is 9.91. The summed E-state index contributed by atoms with van der Waals surface area (Å²) in [6, 6.07) is 3.03. The van der Waals surface area contributed by atoms with E-state index in [0.717, 1.165) is 12.1 Å². The van der Waals surface area contributed by atoms with Gasteiger partial charge in [-0.25, -0.2) is 17.2 Å². The zero-order chi connectivity index (χ0) is 27.8. The second kappa shape index (κ2) is 9.34. The van der Waals surface area contributed by atoms with Crippen LogP contribution in [0.15, 0.2) is 29.2 Å². The number of ether oxygens (including phenoxy) is 1. The largest absolute Gasteiger partial charge is 0.458 e. The van der Waals surface area contributed by atoms with Crippen LogP contribution >= 0.6 is 0 Å². The number of carbonyl (C=O) groups excluding carboxylic acids is 1. The van der Waals surface area contributed by atoms with Gasteiger partial charge < -0.3 is 4.74 Å². The Hall–Kier alpha value is -2.80. The van der Waals surface area contributed by atoms with Crippen molar-refractivity contribution in [2.75, 3.05) is 12.4 Å². The van der Waals surface area contributed by atoms with E-state index in [0.29, 0.717) is 12.1 Å². The lowest BCUT2D eigenvalue weighted by Gasteiger charge is -2.38. The zero-order valence-corrected chi connectivity index (χ0v) is 17.0. The quantitative estimate of drug-likeness (QED) is 0.173. The molecule has 1 rings (SSSR count). The number of nitrogens with zero attached hydrogens (tertiary/aromatic N) is 1. The van der Waals surface area contributed by atoms with Gasteiger partial charge in [-0.15, -0.1) is 0 Å². The SMILES string of the molecule is O=C(CS(=O)(=O)c1ccccc1[N+](=O)[O-])OCC(F)(F)C(F)(F)C(F)(F)C(F)(F)C(F)(F)C(F)F. The van der Waals surface area contributed by atoms with E-state index in [9.17, 15) is 76.0 Å². The number of halogens is 12. The van der Waals surface area contributed by atoms with E-state index >= 15 is 0 Å². The molecule has 0 spiro atoms. The maximum atomic E-state index is 13.6. The molecular weight excluding hydrogens is 550 g/mol. The van der Waals surface area contributed by atoms with Gasteiger partial charge in [-0.05, 0) is 6.07 Å². The van der Waals surface area contributed by atoms with Gasteiger partial charge in [0, 0.05) is 6.07 Å². The highest BCUT2D eigenvalue weighted by atomic mass is 32.2. The zero-order valence-electron chi connectivity index (χ0n) is 16.1. The lowest BCUT2D eigenvalue weighted by Crippen LogP contribution is -2.69. The molecule has 0 saturated carbocycles. The number of nitro benzene ring substituents is 1. The molecule has 1 aromatic rings. The van der Waals surface area contributed by atoms with Crippen molar-refractivity contribution in [1.82, 2.24) is 0 Å². The third-order valence-corrected chi connectivity index (χ3v) is 5.69. The first-order chi connectivity index (χ1) is 15.5. The summed E-state index contributed by atoms with van der Waals surface area (Å²) >= 11 is 0. The molecule has 0 fully saturated rings. The highest BCUT2D eigenvalue weighted by Gasteiger charge is 2.87. The maximum Gasteiger partial charge on any atom is 0.384 e. The van der Waals surface area contributed by atoms with Gasteiger partial charge in [0.25, 0.3) is 5.69 Å². The van der Waals surface area contributed by atoms with E-state index in [1.54, 1.807) is 0 Å². The maximum absolute atomic E-state index is 13.6. The van der Waals surface area contributed by atoms with Crippen LogP contribution in [0.1, 0.15) is 0 Å². The Bertz CT molecular complexity index is 1080. The van der Waals surface area contributed by atoms with Crippen LogP contribution in [0.25, 0.3) is 0 Å². The Morgan fingerprint density at radius 2 is 1.40 bits per heavy atom. The molecular formula is C15H9F12NO6S. The lowest BCUT2D eigenvalue weighted by molar-refractivity contribution is -0.414. The minimum absolute atomic E-state index is 0.551. The van der Waals surface area contributed by atoms with Crippen LogP contribution in [0.2, 0.25) is 0 Å². The van der Waals surface area contributed by atoms with E-state index in [1.807, 2.05) is 0 Å². The molecule has 0 unspecified atom stereocenters. The fraction of sp³-hybridized carbons (Fsp3) is 0.533. The summed E-state index contributed by atoms with van der Waals surface area (Å²) in [5.74, 6) is -41.5. The molecule has 35 heavy (non-hydrogen) atoms. The molecule has 1 aromatic carbocycles. The smallest absolute Gasteiger partial charge is 0.384 e. The van der Waals surface area contributed by atoms with Crippen LogP contribution in [0.5, 0.6) is 0 Å². The van der Waals surface area contributed by atoms with Crippen LogP contribution in [0, 0.1) is 10.1 Å². The van der Waals surface area contributed by atoms with Crippen molar-refractivity contribution in [1.29, 1.82) is 0 Å². The molecule has 0 N–H and O–H groups in total. The summed E-state index contributed by atoms with van der Waals surface area (Å²) < 4.78 is 184. The van der Waals surface area contributed by atoms with Crippen molar-refractivity contribution >= 4 is 21.5 Å². The van der Waals surface area contributed by atoms with Gasteiger partial charge in [-0.2, -0.15) is 43.9 Å². The highest BCUT2D eigenvalue weighted by Crippen LogP contribution is 2.58. The van der Waals surface area contributed by atoms with Gasteiger partial charge in [0.15, 0.2) is 22.2 Å². The second-order valence-electron chi connectivity index (χ2n) is 6.50. The van der Waals surface area contributed by atoms with Gasteiger partial charge in [0.1, 0.15) is 4.90 Å². The van der Waals surface area contributed by atoms with Crippen molar-refractivity contribution < 1.29 is 75.6 Å². The highest BCUT2D eigenvalue weighted by molar-refractivity contribution is 7.92. The average Bonchev–Trinajstić information content (AvgIpc) is 2.71. The van der Waals surface area contributed by atoms with E-state index in [-0.39, 0.29) is 0 Å². The number of rotatable bonds is 11. The van der Waals surface area contributed by atoms with Crippen molar-refractivity contribution in [2.24, 2.45) is 0 Å². The summed E-state index contributed by atoms with van der Waals surface area (Å²) in [6.07, 6.45) is -5.70. The van der Waals surface area contributed by atoms with Crippen LogP contribution in [0.3, 0.4) is 0 Å². The first-order valence-electron chi connectivity index (χ1n) is 8.26. The number of hydrogen-bond donors (Lipinski definition) is 0. The Kier molecular flexibility index (Phi) is 8.07. The average molecular weight is 559 g/mol. The summed E-state index contributed by atoms with van der Waals surface area (Å²) in [4.78, 5) is 19.8. The van der Waals surface area contributed by atoms with Gasteiger partial charge in [-0.3, -0.25) is 14.9 Å².